The van der Waals surface area contributed by atoms with Gasteiger partial charge in [0.15, 0.2) is 0 Å². The highest BCUT2D eigenvalue weighted by molar-refractivity contribution is 7.92. The second-order valence-electron chi connectivity index (χ2n) is 9.71. The Morgan fingerprint density at radius 3 is 2.13 bits per heavy atom. The van der Waals surface area contributed by atoms with E-state index in [0.717, 1.165) is 22.2 Å². The lowest BCUT2D eigenvalue weighted by molar-refractivity contribution is -0.140. The van der Waals surface area contributed by atoms with E-state index in [0.29, 0.717) is 17.1 Å². The molecular weight excluding hydrogens is 541 g/mol. The third-order valence-electron chi connectivity index (χ3n) is 6.02. The van der Waals surface area contributed by atoms with Gasteiger partial charge in [-0.3, -0.25) is 13.9 Å². The summed E-state index contributed by atoms with van der Waals surface area (Å²) >= 11 is 6.05. The standard InChI is InChI=1S/C29H33ClFN3O4S/c1-21(2)18-32-29(36)27(17-22-9-5-4-6-10-22)33(19-23-13-15-24(30)16-14-23)28(35)20-34(39(3,37)38)26-12-8-7-11-25(26)31/h4-16,21,27H,17-20H2,1-3H3,(H,32,36)/t27-/m0/s1. The largest absolute Gasteiger partial charge is 0.354 e. The minimum Gasteiger partial charge on any atom is -0.354 e. The highest BCUT2D eigenvalue weighted by Crippen LogP contribution is 2.23. The number of carbonyl (C=O) groups excluding carboxylic acids is 2. The smallest absolute Gasteiger partial charge is 0.244 e. The average molecular weight is 574 g/mol. The molecule has 0 heterocycles. The number of sulfonamides is 1. The van der Waals surface area contributed by atoms with Crippen LogP contribution in [-0.4, -0.2) is 50.5 Å². The summed E-state index contributed by atoms with van der Waals surface area (Å²) in [6.07, 6.45) is 1.11. The highest BCUT2D eigenvalue weighted by atomic mass is 35.5. The van der Waals surface area contributed by atoms with Crippen molar-refractivity contribution < 1.29 is 22.4 Å². The lowest BCUT2D eigenvalue weighted by Crippen LogP contribution is -2.53. The fourth-order valence-corrected chi connectivity index (χ4v) is 4.99. The van der Waals surface area contributed by atoms with E-state index in [-0.39, 0.29) is 30.5 Å². The maximum absolute atomic E-state index is 14.6. The SMILES string of the molecule is CC(C)CNC(=O)[C@H](Cc1ccccc1)N(Cc1ccc(Cl)cc1)C(=O)CN(c1ccccc1F)S(C)(=O)=O. The number of halogens is 2. The Morgan fingerprint density at radius 1 is 0.923 bits per heavy atom. The first-order valence-corrected chi connectivity index (χ1v) is 14.8. The van der Waals surface area contributed by atoms with Crippen LogP contribution in [0.4, 0.5) is 10.1 Å². The van der Waals surface area contributed by atoms with Crippen LogP contribution in [0, 0.1) is 11.7 Å². The van der Waals surface area contributed by atoms with Crippen LogP contribution in [0.15, 0.2) is 78.9 Å². The Kier molecular flexibility index (Phi) is 10.5. The summed E-state index contributed by atoms with van der Waals surface area (Å²) in [5, 5.41) is 3.42. The van der Waals surface area contributed by atoms with Gasteiger partial charge >= 0.3 is 0 Å². The molecule has 3 rings (SSSR count). The summed E-state index contributed by atoms with van der Waals surface area (Å²) in [6, 6.07) is 20.5. The van der Waals surface area contributed by atoms with Crippen molar-refractivity contribution in [2.45, 2.75) is 32.9 Å². The fourth-order valence-electron chi connectivity index (χ4n) is 4.01. The number of benzene rings is 3. The quantitative estimate of drug-likeness (QED) is 0.341. The molecule has 39 heavy (non-hydrogen) atoms. The van der Waals surface area contributed by atoms with E-state index < -0.39 is 34.3 Å². The summed E-state index contributed by atoms with van der Waals surface area (Å²) < 4.78 is 40.8. The van der Waals surface area contributed by atoms with Crippen LogP contribution in [0.3, 0.4) is 0 Å². The highest BCUT2D eigenvalue weighted by Gasteiger charge is 2.33. The number of nitrogens with zero attached hydrogens (tertiary/aromatic N) is 2. The molecule has 0 fully saturated rings. The van der Waals surface area contributed by atoms with Crippen LogP contribution in [0.25, 0.3) is 0 Å². The minimum atomic E-state index is -4.05. The maximum atomic E-state index is 14.6. The van der Waals surface area contributed by atoms with E-state index in [1.165, 1.54) is 23.1 Å². The van der Waals surface area contributed by atoms with Gasteiger partial charge in [0, 0.05) is 24.5 Å². The van der Waals surface area contributed by atoms with Crippen LogP contribution in [0.2, 0.25) is 5.02 Å². The number of rotatable bonds is 12. The topological polar surface area (TPSA) is 86.8 Å². The van der Waals surface area contributed by atoms with E-state index in [9.17, 15) is 22.4 Å². The molecule has 0 aliphatic rings. The van der Waals surface area contributed by atoms with Gasteiger partial charge in [0.2, 0.25) is 21.8 Å². The molecular formula is C29H33ClFN3O4S. The molecule has 1 atom stereocenters. The van der Waals surface area contributed by atoms with Crippen LogP contribution in [-0.2, 0) is 32.6 Å². The van der Waals surface area contributed by atoms with Gasteiger partial charge in [-0.1, -0.05) is 80.0 Å². The maximum Gasteiger partial charge on any atom is 0.244 e. The van der Waals surface area contributed by atoms with Gasteiger partial charge in [0.05, 0.1) is 11.9 Å². The number of hydrogen-bond acceptors (Lipinski definition) is 4. The van der Waals surface area contributed by atoms with Gasteiger partial charge in [-0.2, -0.15) is 0 Å². The number of hydrogen-bond donors (Lipinski definition) is 1. The minimum absolute atomic E-state index is 0.0114. The van der Waals surface area contributed by atoms with Gasteiger partial charge in [0.1, 0.15) is 18.4 Å². The summed E-state index contributed by atoms with van der Waals surface area (Å²) in [6.45, 7) is 3.65. The molecule has 0 unspecified atom stereocenters. The zero-order valence-electron chi connectivity index (χ0n) is 22.2. The number of carbonyl (C=O) groups is 2. The first-order chi connectivity index (χ1) is 18.5. The predicted octanol–water partition coefficient (Wildman–Crippen LogP) is 4.66. The third-order valence-corrected chi connectivity index (χ3v) is 7.40. The number of nitrogens with one attached hydrogen (secondary N) is 1. The molecule has 0 saturated heterocycles. The zero-order valence-corrected chi connectivity index (χ0v) is 23.8. The van der Waals surface area contributed by atoms with Gasteiger partial charge in [-0.05, 0) is 41.3 Å². The lowest BCUT2D eigenvalue weighted by atomic mass is 10.0. The van der Waals surface area contributed by atoms with E-state index in [4.69, 9.17) is 11.6 Å². The van der Waals surface area contributed by atoms with Gasteiger partial charge < -0.3 is 10.2 Å². The van der Waals surface area contributed by atoms with Crippen molar-refractivity contribution in [1.29, 1.82) is 0 Å². The first kappa shape index (κ1) is 30.1. The Bertz CT molecular complexity index is 1370. The molecule has 0 saturated carbocycles. The molecule has 3 aromatic carbocycles. The first-order valence-electron chi connectivity index (χ1n) is 12.5. The Balaban J connectivity index is 2.05. The molecule has 0 aliphatic carbocycles. The number of amides is 2. The van der Waals surface area contributed by atoms with Crippen LogP contribution >= 0.6 is 11.6 Å². The molecule has 2 amide bonds. The number of para-hydroxylation sites is 1. The van der Waals surface area contributed by atoms with Crippen molar-refractivity contribution in [3.05, 3.63) is 101 Å². The van der Waals surface area contributed by atoms with Crippen molar-refractivity contribution >= 4 is 39.1 Å². The van der Waals surface area contributed by atoms with Crippen molar-refractivity contribution in [1.82, 2.24) is 10.2 Å². The second kappa shape index (κ2) is 13.6. The summed E-state index contributed by atoms with van der Waals surface area (Å²) in [4.78, 5) is 28.8. The molecule has 0 radical (unpaired) electrons. The molecule has 208 valence electrons. The normalized spacial score (nSPS) is 12.2. The number of anilines is 1. The van der Waals surface area contributed by atoms with Gasteiger partial charge in [0.25, 0.3) is 0 Å². The summed E-state index contributed by atoms with van der Waals surface area (Å²) in [5.74, 6) is -1.63. The van der Waals surface area contributed by atoms with Crippen molar-refractivity contribution in [3.8, 4) is 0 Å². The Labute approximate surface area is 234 Å². The molecule has 0 bridgehead atoms. The third kappa shape index (κ3) is 8.80. The van der Waals surface area contributed by atoms with Gasteiger partial charge in [-0.15, -0.1) is 0 Å². The van der Waals surface area contributed by atoms with Gasteiger partial charge in [-0.25, -0.2) is 12.8 Å². The second-order valence-corrected chi connectivity index (χ2v) is 12.1. The van der Waals surface area contributed by atoms with Crippen LogP contribution in [0.1, 0.15) is 25.0 Å². The Morgan fingerprint density at radius 2 is 1.54 bits per heavy atom. The van der Waals surface area contributed by atoms with Crippen LogP contribution < -0.4 is 9.62 Å². The zero-order chi connectivity index (χ0) is 28.6. The van der Waals surface area contributed by atoms with E-state index in [1.807, 2.05) is 44.2 Å². The fraction of sp³-hybridized carbons (Fsp3) is 0.310. The molecule has 0 aromatic heterocycles. The van der Waals surface area contributed by atoms with E-state index in [2.05, 4.69) is 5.32 Å². The molecule has 0 aliphatic heterocycles. The molecule has 1 N–H and O–H groups in total. The molecule has 3 aromatic rings. The molecule has 7 nitrogen and oxygen atoms in total. The Hall–Kier alpha value is -3.43. The summed E-state index contributed by atoms with van der Waals surface area (Å²) in [5.41, 5.74) is 1.27. The predicted molar refractivity (Wildman–Crippen MR) is 152 cm³/mol. The molecule has 0 spiro atoms. The average Bonchev–Trinajstić information content (AvgIpc) is 2.89. The van der Waals surface area contributed by atoms with Crippen molar-refractivity contribution in [3.63, 3.8) is 0 Å². The van der Waals surface area contributed by atoms with E-state index >= 15 is 0 Å². The molecule has 10 heteroatoms. The lowest BCUT2D eigenvalue weighted by Gasteiger charge is -2.33. The van der Waals surface area contributed by atoms with Crippen molar-refractivity contribution in [2.24, 2.45) is 5.92 Å². The van der Waals surface area contributed by atoms with Crippen LogP contribution in [0.5, 0.6) is 0 Å². The van der Waals surface area contributed by atoms with E-state index in [1.54, 1.807) is 24.3 Å². The van der Waals surface area contributed by atoms with Crippen molar-refractivity contribution in [2.75, 3.05) is 23.7 Å². The monoisotopic (exact) mass is 573 g/mol. The summed E-state index contributed by atoms with van der Waals surface area (Å²) in [7, 11) is -4.05.